The first-order valence-electron chi connectivity index (χ1n) is 9.05. The maximum atomic E-state index is 12.9. The van der Waals surface area contributed by atoms with Gasteiger partial charge in [-0.15, -0.1) is 0 Å². The molecule has 7 heteroatoms. The van der Waals surface area contributed by atoms with E-state index in [2.05, 4.69) is 22.9 Å². The Bertz CT molecular complexity index is 981. The van der Waals surface area contributed by atoms with Gasteiger partial charge in [0.05, 0.1) is 17.1 Å². The SMILES string of the molecule is CCn1c(C2CCCN2C(=O)Nc2cc(Cl)cc(Cl)c2)nc2ccccc21. The van der Waals surface area contributed by atoms with E-state index in [0.717, 1.165) is 36.2 Å². The molecule has 2 amide bonds. The number of aromatic nitrogens is 2. The summed E-state index contributed by atoms with van der Waals surface area (Å²) in [5.74, 6) is 0.940. The van der Waals surface area contributed by atoms with Gasteiger partial charge in [0, 0.05) is 28.8 Å². The second kappa shape index (κ2) is 7.41. The number of hydrogen-bond acceptors (Lipinski definition) is 2. The first kappa shape index (κ1) is 18.1. The molecule has 140 valence electrons. The molecule has 27 heavy (non-hydrogen) atoms. The Kier molecular flexibility index (Phi) is 4.98. The number of amides is 2. The standard InChI is InChI=1S/C20H20Cl2N4O/c1-2-25-17-7-4-3-6-16(17)24-19(25)18-8-5-9-26(18)20(27)23-15-11-13(21)10-14(22)12-15/h3-4,6-7,10-12,18H,2,5,8-9H2,1H3,(H,23,27). The van der Waals surface area contributed by atoms with Crippen LogP contribution in [0.2, 0.25) is 10.0 Å². The van der Waals surface area contributed by atoms with Crippen LogP contribution in [0.15, 0.2) is 42.5 Å². The molecular formula is C20H20Cl2N4O. The van der Waals surface area contributed by atoms with E-state index in [9.17, 15) is 4.79 Å². The molecule has 0 radical (unpaired) electrons. The summed E-state index contributed by atoms with van der Waals surface area (Å²) < 4.78 is 2.20. The maximum absolute atomic E-state index is 12.9. The van der Waals surface area contributed by atoms with Crippen LogP contribution in [0.1, 0.15) is 31.6 Å². The van der Waals surface area contributed by atoms with Crippen LogP contribution < -0.4 is 5.32 Å². The number of aryl methyl sites for hydroxylation is 1. The molecule has 1 atom stereocenters. The van der Waals surface area contributed by atoms with Crippen molar-refractivity contribution >= 4 is 46.0 Å². The fraction of sp³-hybridized carbons (Fsp3) is 0.300. The molecule has 0 bridgehead atoms. The molecule has 1 aliphatic rings. The van der Waals surface area contributed by atoms with Crippen LogP contribution in [-0.2, 0) is 6.54 Å². The van der Waals surface area contributed by atoms with Gasteiger partial charge in [0.2, 0.25) is 0 Å². The molecule has 1 saturated heterocycles. The quantitative estimate of drug-likeness (QED) is 0.607. The molecule has 1 aliphatic heterocycles. The van der Waals surface area contributed by atoms with Crippen molar-refractivity contribution in [3.63, 3.8) is 0 Å². The molecule has 0 aliphatic carbocycles. The lowest BCUT2D eigenvalue weighted by molar-refractivity contribution is 0.204. The fourth-order valence-electron chi connectivity index (χ4n) is 3.78. The first-order chi connectivity index (χ1) is 13.1. The third-order valence-electron chi connectivity index (χ3n) is 4.93. The fourth-order valence-corrected chi connectivity index (χ4v) is 4.31. The summed E-state index contributed by atoms with van der Waals surface area (Å²) in [5, 5.41) is 3.90. The average molecular weight is 403 g/mol. The normalized spacial score (nSPS) is 16.9. The van der Waals surface area contributed by atoms with Crippen molar-refractivity contribution in [2.75, 3.05) is 11.9 Å². The van der Waals surface area contributed by atoms with Crippen LogP contribution in [0.3, 0.4) is 0 Å². The summed E-state index contributed by atoms with van der Waals surface area (Å²) in [4.78, 5) is 19.6. The predicted molar refractivity (Wildman–Crippen MR) is 110 cm³/mol. The molecule has 0 saturated carbocycles. The highest BCUT2D eigenvalue weighted by Gasteiger charge is 2.33. The molecule has 1 unspecified atom stereocenters. The van der Waals surface area contributed by atoms with E-state index in [0.29, 0.717) is 22.3 Å². The topological polar surface area (TPSA) is 50.2 Å². The van der Waals surface area contributed by atoms with Gasteiger partial charge in [0.25, 0.3) is 0 Å². The van der Waals surface area contributed by atoms with E-state index in [1.165, 1.54) is 0 Å². The highest BCUT2D eigenvalue weighted by molar-refractivity contribution is 6.35. The third kappa shape index (κ3) is 3.49. The van der Waals surface area contributed by atoms with Crippen molar-refractivity contribution in [1.29, 1.82) is 0 Å². The number of halogens is 2. The van der Waals surface area contributed by atoms with Crippen LogP contribution in [0.25, 0.3) is 11.0 Å². The van der Waals surface area contributed by atoms with E-state index in [1.54, 1.807) is 18.2 Å². The highest BCUT2D eigenvalue weighted by atomic mass is 35.5. The number of carbonyl (C=O) groups excluding carboxylic acids is 1. The number of para-hydroxylation sites is 2. The molecule has 0 spiro atoms. The Balaban J connectivity index is 1.63. The number of anilines is 1. The van der Waals surface area contributed by atoms with Gasteiger partial charge in [0.15, 0.2) is 0 Å². The zero-order chi connectivity index (χ0) is 19.0. The summed E-state index contributed by atoms with van der Waals surface area (Å²) in [6, 6.07) is 12.9. The van der Waals surface area contributed by atoms with Crippen molar-refractivity contribution < 1.29 is 4.79 Å². The first-order valence-corrected chi connectivity index (χ1v) is 9.81. The van der Waals surface area contributed by atoms with E-state index >= 15 is 0 Å². The number of carbonyl (C=O) groups is 1. The van der Waals surface area contributed by atoms with Crippen LogP contribution >= 0.6 is 23.2 Å². The minimum absolute atomic E-state index is 0.0491. The number of nitrogens with zero attached hydrogens (tertiary/aromatic N) is 3. The van der Waals surface area contributed by atoms with Crippen molar-refractivity contribution in [2.45, 2.75) is 32.4 Å². The van der Waals surface area contributed by atoms with Crippen LogP contribution in [0.5, 0.6) is 0 Å². The van der Waals surface area contributed by atoms with Crippen molar-refractivity contribution in [2.24, 2.45) is 0 Å². The lowest BCUT2D eigenvalue weighted by atomic mass is 10.2. The number of urea groups is 1. The average Bonchev–Trinajstić information content (AvgIpc) is 3.24. The van der Waals surface area contributed by atoms with Crippen LogP contribution in [-0.4, -0.2) is 27.0 Å². The Labute approximate surface area is 167 Å². The van der Waals surface area contributed by atoms with Crippen LogP contribution in [0.4, 0.5) is 10.5 Å². The number of nitrogens with one attached hydrogen (secondary N) is 1. The third-order valence-corrected chi connectivity index (χ3v) is 5.36. The molecule has 3 aromatic rings. The highest BCUT2D eigenvalue weighted by Crippen LogP contribution is 2.34. The van der Waals surface area contributed by atoms with Gasteiger partial charge < -0.3 is 14.8 Å². The van der Waals surface area contributed by atoms with Crippen molar-refractivity contribution in [1.82, 2.24) is 14.5 Å². The monoisotopic (exact) mass is 402 g/mol. The summed E-state index contributed by atoms with van der Waals surface area (Å²) in [6.07, 6.45) is 1.84. The smallest absolute Gasteiger partial charge is 0.322 e. The summed E-state index contributed by atoms with van der Waals surface area (Å²) in [7, 11) is 0. The molecule has 1 fully saturated rings. The molecule has 2 aromatic carbocycles. The predicted octanol–water partition coefficient (Wildman–Crippen LogP) is 5.73. The van der Waals surface area contributed by atoms with Crippen LogP contribution in [0, 0.1) is 0 Å². The molecule has 1 N–H and O–H groups in total. The largest absolute Gasteiger partial charge is 0.327 e. The van der Waals surface area contributed by atoms with E-state index in [-0.39, 0.29) is 12.1 Å². The number of likely N-dealkylation sites (tertiary alicyclic amines) is 1. The maximum Gasteiger partial charge on any atom is 0.322 e. The molecule has 5 nitrogen and oxygen atoms in total. The van der Waals surface area contributed by atoms with Gasteiger partial charge in [-0.25, -0.2) is 9.78 Å². The molecule has 1 aromatic heterocycles. The van der Waals surface area contributed by atoms with E-state index in [1.807, 2.05) is 23.1 Å². The second-order valence-corrected chi connectivity index (χ2v) is 7.52. The number of benzene rings is 2. The Hall–Kier alpha value is -2.24. The lowest BCUT2D eigenvalue weighted by Crippen LogP contribution is -2.35. The Morgan fingerprint density at radius 3 is 2.70 bits per heavy atom. The zero-order valence-electron chi connectivity index (χ0n) is 15.0. The summed E-state index contributed by atoms with van der Waals surface area (Å²) in [5.41, 5.74) is 2.65. The minimum atomic E-state index is -0.162. The van der Waals surface area contributed by atoms with E-state index in [4.69, 9.17) is 28.2 Å². The van der Waals surface area contributed by atoms with Gasteiger partial charge in [-0.2, -0.15) is 0 Å². The number of imidazole rings is 1. The second-order valence-electron chi connectivity index (χ2n) is 6.64. The summed E-state index contributed by atoms with van der Waals surface area (Å²) >= 11 is 12.1. The Morgan fingerprint density at radius 1 is 1.22 bits per heavy atom. The van der Waals surface area contributed by atoms with Gasteiger partial charge in [0.1, 0.15) is 5.82 Å². The number of fused-ring (bicyclic) bond motifs is 1. The Morgan fingerprint density at radius 2 is 1.96 bits per heavy atom. The molecular weight excluding hydrogens is 383 g/mol. The zero-order valence-corrected chi connectivity index (χ0v) is 16.5. The van der Waals surface area contributed by atoms with Crippen molar-refractivity contribution in [3.8, 4) is 0 Å². The van der Waals surface area contributed by atoms with Gasteiger partial charge in [-0.05, 0) is 50.1 Å². The number of rotatable bonds is 3. The van der Waals surface area contributed by atoms with Gasteiger partial charge in [-0.3, -0.25) is 0 Å². The molecule has 4 rings (SSSR count). The number of hydrogen-bond donors (Lipinski definition) is 1. The molecule has 2 heterocycles. The van der Waals surface area contributed by atoms with Crippen molar-refractivity contribution in [3.05, 3.63) is 58.3 Å². The van der Waals surface area contributed by atoms with Gasteiger partial charge >= 0.3 is 6.03 Å². The van der Waals surface area contributed by atoms with Gasteiger partial charge in [-0.1, -0.05) is 35.3 Å². The lowest BCUT2D eigenvalue weighted by Gasteiger charge is -2.25. The summed E-state index contributed by atoms with van der Waals surface area (Å²) in [6.45, 7) is 3.61. The van der Waals surface area contributed by atoms with E-state index < -0.39 is 0 Å². The minimum Gasteiger partial charge on any atom is -0.327 e.